The van der Waals surface area contributed by atoms with Crippen LogP contribution in [0.5, 0.6) is 5.75 Å². The second-order valence-corrected chi connectivity index (χ2v) is 10.2. The van der Waals surface area contributed by atoms with E-state index in [1.54, 1.807) is 13.2 Å². The Hall–Kier alpha value is -3.94. The molecule has 2 aromatic carbocycles. The van der Waals surface area contributed by atoms with E-state index in [4.69, 9.17) is 4.74 Å². The first-order valence-corrected chi connectivity index (χ1v) is 13.9. The minimum absolute atomic E-state index is 0.181. The summed E-state index contributed by atoms with van der Waals surface area (Å²) < 4.78 is 5.79. The van der Waals surface area contributed by atoms with Crippen LogP contribution in [0.4, 0.5) is 0 Å². The molecule has 7 heteroatoms. The molecule has 1 aliphatic rings. The number of piperidine rings is 1. The smallest absolute Gasteiger partial charge is 0.335 e. The van der Waals surface area contributed by atoms with Crippen molar-refractivity contribution in [1.29, 1.82) is 0 Å². The Balaban J connectivity index is 1.33. The number of carbonyl (C=O) groups is 1. The van der Waals surface area contributed by atoms with E-state index in [1.807, 2.05) is 24.1 Å². The van der Waals surface area contributed by atoms with Crippen LogP contribution in [0.3, 0.4) is 0 Å². The molecule has 0 aliphatic carbocycles. The lowest BCUT2D eigenvalue weighted by Gasteiger charge is -2.32. The molecule has 1 aromatic heterocycles. The Kier molecular flexibility index (Phi) is 10.5. The maximum Gasteiger partial charge on any atom is 0.335 e. The first kappa shape index (κ1) is 29.1. The van der Waals surface area contributed by atoms with Crippen molar-refractivity contribution < 1.29 is 14.6 Å². The van der Waals surface area contributed by atoms with E-state index in [1.165, 1.54) is 23.4 Å². The number of allylic oxidation sites excluding steroid dienone is 1. The van der Waals surface area contributed by atoms with E-state index >= 15 is 0 Å². The van der Waals surface area contributed by atoms with Gasteiger partial charge in [-0.3, -0.25) is 9.88 Å². The van der Waals surface area contributed by atoms with E-state index < -0.39 is 5.97 Å². The topological polar surface area (TPSA) is 77.9 Å². The van der Waals surface area contributed by atoms with Gasteiger partial charge >= 0.3 is 5.97 Å². The molecule has 0 amide bonds. The number of likely N-dealkylation sites (tertiary alicyclic amines) is 1. The number of hydrogen-bond acceptors (Lipinski definition) is 6. The highest BCUT2D eigenvalue weighted by atomic mass is 16.5. The molecule has 210 valence electrons. The molecule has 2 N–H and O–H groups in total. The summed E-state index contributed by atoms with van der Waals surface area (Å²) in [5.74, 6) is -0.167. The van der Waals surface area contributed by atoms with Gasteiger partial charge in [0.15, 0.2) is 0 Å². The number of benzene rings is 2. The molecular weight excluding hydrogens is 500 g/mol. The van der Waals surface area contributed by atoms with E-state index in [9.17, 15) is 9.90 Å². The van der Waals surface area contributed by atoms with Crippen LogP contribution < -0.4 is 10.1 Å². The average Bonchev–Trinajstić information content (AvgIpc) is 2.98. The van der Waals surface area contributed by atoms with E-state index in [2.05, 4.69) is 70.3 Å². The third-order valence-electron chi connectivity index (χ3n) is 7.35. The predicted molar refractivity (Wildman–Crippen MR) is 160 cm³/mol. The summed E-state index contributed by atoms with van der Waals surface area (Å²) in [4.78, 5) is 20.2. The van der Waals surface area contributed by atoms with Gasteiger partial charge in [-0.2, -0.15) is 0 Å². The summed E-state index contributed by atoms with van der Waals surface area (Å²) in [6.07, 6.45) is 8.72. The minimum Gasteiger partial charge on any atom is -0.496 e. The lowest BCUT2D eigenvalue weighted by molar-refractivity contribution is 0.0696. The Bertz CT molecular complexity index is 1300. The van der Waals surface area contributed by atoms with Crippen LogP contribution in [0, 0.1) is 0 Å². The fourth-order valence-electron chi connectivity index (χ4n) is 5.11. The molecule has 2 heterocycles. The van der Waals surface area contributed by atoms with E-state index in [-0.39, 0.29) is 5.56 Å². The number of ether oxygens (including phenoxy) is 1. The summed E-state index contributed by atoms with van der Waals surface area (Å²) in [6, 6.07) is 20.6. The molecule has 0 radical (unpaired) electrons. The Morgan fingerprint density at radius 2 is 1.93 bits per heavy atom. The minimum atomic E-state index is -0.991. The molecule has 1 aliphatic heterocycles. The van der Waals surface area contributed by atoms with Gasteiger partial charge in [-0.25, -0.2) is 4.79 Å². The zero-order valence-corrected chi connectivity index (χ0v) is 23.6. The van der Waals surface area contributed by atoms with Gasteiger partial charge in [-0.1, -0.05) is 55.1 Å². The van der Waals surface area contributed by atoms with Crippen LogP contribution in [-0.4, -0.2) is 58.6 Å². The molecule has 1 fully saturated rings. The van der Waals surface area contributed by atoms with Crippen molar-refractivity contribution in [1.82, 2.24) is 20.1 Å². The monoisotopic (exact) mass is 540 g/mol. The molecule has 0 spiro atoms. The number of aromatic carboxylic acids is 1. The van der Waals surface area contributed by atoms with Crippen LogP contribution in [0.1, 0.15) is 52.5 Å². The second-order valence-electron chi connectivity index (χ2n) is 10.2. The van der Waals surface area contributed by atoms with Gasteiger partial charge in [0, 0.05) is 30.5 Å². The molecule has 40 heavy (non-hydrogen) atoms. The Morgan fingerprint density at radius 3 is 2.62 bits per heavy atom. The fourth-order valence-corrected chi connectivity index (χ4v) is 5.11. The third kappa shape index (κ3) is 8.04. The zero-order valence-electron chi connectivity index (χ0n) is 23.6. The Morgan fingerprint density at radius 1 is 1.15 bits per heavy atom. The van der Waals surface area contributed by atoms with Crippen molar-refractivity contribution in [2.45, 2.75) is 45.3 Å². The number of methoxy groups -OCH3 is 1. The van der Waals surface area contributed by atoms with Gasteiger partial charge in [0.25, 0.3) is 0 Å². The number of hydrogen-bond donors (Lipinski definition) is 2. The van der Waals surface area contributed by atoms with Crippen LogP contribution in [-0.2, 0) is 19.5 Å². The first-order valence-electron chi connectivity index (χ1n) is 13.9. The fraction of sp³-hybridized carbons (Fsp3) is 0.333. The highest BCUT2D eigenvalue weighted by Crippen LogP contribution is 2.27. The molecule has 0 bridgehead atoms. The molecule has 0 unspecified atom stereocenters. The normalized spacial score (nSPS) is 14.3. The SMILES string of the molecule is C=C(c1cc(C(=O)O)ccn1)N(/C=C\C)Cc1ccc(CN2CCC(NCCc3ccccc3)CC2)cc1OC. The number of nitrogens with one attached hydrogen (secondary N) is 1. The maximum absolute atomic E-state index is 11.4. The van der Waals surface area contributed by atoms with Gasteiger partial charge in [0.1, 0.15) is 5.75 Å². The van der Waals surface area contributed by atoms with Crippen molar-refractivity contribution in [2.24, 2.45) is 0 Å². The standard InChI is InChI=1S/C33H40N4O3/c1-4-18-37(25(2)31-22-28(33(38)39)13-17-35-31)24-29-11-10-27(21-32(29)40-3)23-36-19-14-30(15-20-36)34-16-12-26-8-6-5-7-9-26/h4-11,13,17-18,21-22,30,34H,2,12,14-16,19-20,23-24H2,1,3H3,(H,38,39)/b18-4-. The van der Waals surface area contributed by atoms with E-state index in [0.29, 0.717) is 24.0 Å². The summed E-state index contributed by atoms with van der Waals surface area (Å²) in [5.41, 5.74) is 4.94. The quantitative estimate of drug-likeness (QED) is 0.293. The van der Waals surface area contributed by atoms with Gasteiger partial charge in [0.2, 0.25) is 0 Å². The van der Waals surface area contributed by atoms with Crippen LogP contribution in [0.2, 0.25) is 0 Å². The van der Waals surface area contributed by atoms with Crippen molar-refractivity contribution in [2.75, 3.05) is 26.7 Å². The van der Waals surface area contributed by atoms with Crippen molar-refractivity contribution >= 4 is 11.7 Å². The predicted octanol–water partition coefficient (Wildman–Crippen LogP) is 5.59. The maximum atomic E-state index is 11.4. The molecule has 4 rings (SSSR count). The highest BCUT2D eigenvalue weighted by Gasteiger charge is 2.20. The summed E-state index contributed by atoms with van der Waals surface area (Å²) in [5, 5.41) is 13.1. The van der Waals surface area contributed by atoms with Crippen molar-refractivity contribution in [3.63, 3.8) is 0 Å². The number of nitrogens with zero attached hydrogens (tertiary/aromatic N) is 3. The van der Waals surface area contributed by atoms with Crippen LogP contribution >= 0.6 is 0 Å². The molecule has 0 atom stereocenters. The molecule has 0 saturated carbocycles. The first-order chi connectivity index (χ1) is 19.5. The highest BCUT2D eigenvalue weighted by molar-refractivity contribution is 5.88. The number of carboxylic acids is 1. The van der Waals surface area contributed by atoms with Gasteiger partial charge in [0.05, 0.1) is 30.6 Å². The molecule has 7 nitrogen and oxygen atoms in total. The summed E-state index contributed by atoms with van der Waals surface area (Å²) in [7, 11) is 1.70. The Labute approximate surface area is 237 Å². The third-order valence-corrected chi connectivity index (χ3v) is 7.35. The molecule has 3 aromatic rings. The lowest BCUT2D eigenvalue weighted by Crippen LogP contribution is -2.42. The zero-order chi connectivity index (χ0) is 28.3. The number of pyridine rings is 1. The van der Waals surface area contributed by atoms with Gasteiger partial charge in [-0.15, -0.1) is 0 Å². The van der Waals surface area contributed by atoms with Gasteiger partial charge < -0.3 is 20.1 Å². The largest absolute Gasteiger partial charge is 0.496 e. The summed E-state index contributed by atoms with van der Waals surface area (Å²) >= 11 is 0. The summed E-state index contributed by atoms with van der Waals surface area (Å²) in [6.45, 7) is 10.7. The van der Waals surface area contributed by atoms with Gasteiger partial charge in [-0.05, 0) is 75.1 Å². The average molecular weight is 541 g/mol. The van der Waals surface area contributed by atoms with E-state index in [0.717, 1.165) is 56.8 Å². The van der Waals surface area contributed by atoms with Crippen LogP contribution in [0.15, 0.2) is 85.7 Å². The van der Waals surface area contributed by atoms with Crippen molar-refractivity contribution in [3.8, 4) is 5.75 Å². The lowest BCUT2D eigenvalue weighted by atomic mass is 10.0. The second kappa shape index (κ2) is 14.4. The van der Waals surface area contributed by atoms with Crippen molar-refractivity contribution in [3.05, 3.63) is 114 Å². The number of carboxylic acid groups (broad SMARTS) is 1. The number of aromatic nitrogens is 1. The van der Waals surface area contributed by atoms with Crippen LogP contribution in [0.25, 0.3) is 5.70 Å². The molecular formula is C33H40N4O3. The number of rotatable bonds is 13. The molecule has 1 saturated heterocycles.